The molecule has 0 radical (unpaired) electrons. The number of imide groups is 2. The third kappa shape index (κ3) is 3.23. The smallest absolute Gasteiger partial charge is 0.328 e. The van der Waals surface area contributed by atoms with Crippen molar-refractivity contribution in [3.63, 3.8) is 0 Å². The Morgan fingerprint density at radius 1 is 1.05 bits per heavy atom. The van der Waals surface area contributed by atoms with Gasteiger partial charge in [0.15, 0.2) is 0 Å². The molecule has 1 fully saturated rings. The summed E-state index contributed by atoms with van der Waals surface area (Å²) in [7, 11) is 0. The average molecular weight is 274 g/mol. The maximum Gasteiger partial charge on any atom is 0.328 e. The fourth-order valence-corrected chi connectivity index (χ4v) is 1.65. The highest BCUT2D eigenvalue weighted by atomic mass is 16.5. The van der Waals surface area contributed by atoms with Gasteiger partial charge < -0.3 is 4.74 Å². The van der Waals surface area contributed by atoms with E-state index in [9.17, 15) is 14.4 Å². The van der Waals surface area contributed by atoms with E-state index < -0.39 is 17.8 Å². The Morgan fingerprint density at radius 3 is 2.20 bits per heavy atom. The normalized spacial score (nSPS) is 14.7. The minimum atomic E-state index is -0.805. The van der Waals surface area contributed by atoms with Crippen LogP contribution in [0.25, 0.3) is 6.08 Å². The number of nitrogens with one attached hydrogen (secondary N) is 2. The number of hydrogen-bond acceptors (Lipinski definition) is 4. The molecule has 2 N–H and O–H groups in total. The molecule has 1 heterocycles. The lowest BCUT2D eigenvalue weighted by Gasteiger charge is -2.13. The minimum Gasteiger partial charge on any atom is -0.494 e. The predicted octanol–water partition coefficient (Wildman–Crippen LogP) is 1.22. The summed E-state index contributed by atoms with van der Waals surface area (Å²) in [6, 6.07) is 6.17. The molecule has 2 rings (SSSR count). The molecule has 6 nitrogen and oxygen atoms in total. The third-order valence-corrected chi connectivity index (χ3v) is 2.61. The minimum absolute atomic E-state index is 0.105. The zero-order valence-electron chi connectivity index (χ0n) is 10.9. The zero-order valence-corrected chi connectivity index (χ0v) is 10.9. The van der Waals surface area contributed by atoms with Crippen molar-refractivity contribution in [1.82, 2.24) is 10.6 Å². The zero-order chi connectivity index (χ0) is 14.5. The van der Waals surface area contributed by atoms with Crippen molar-refractivity contribution in [2.24, 2.45) is 0 Å². The SMILES string of the molecule is CCCOc1ccc(C=C2C(=O)NC(=O)NC2=O)cc1. The van der Waals surface area contributed by atoms with E-state index in [-0.39, 0.29) is 5.57 Å². The number of amides is 4. The lowest BCUT2D eigenvalue weighted by Crippen LogP contribution is -2.51. The van der Waals surface area contributed by atoms with Gasteiger partial charge in [-0.2, -0.15) is 0 Å². The number of carbonyl (C=O) groups excluding carboxylic acids is 3. The molecule has 20 heavy (non-hydrogen) atoms. The molecule has 1 aliphatic rings. The van der Waals surface area contributed by atoms with Crippen LogP contribution in [0.5, 0.6) is 5.75 Å². The highest BCUT2D eigenvalue weighted by molar-refractivity contribution is 6.31. The van der Waals surface area contributed by atoms with Gasteiger partial charge in [-0.1, -0.05) is 19.1 Å². The molecule has 0 aromatic heterocycles. The molecule has 4 amide bonds. The summed E-state index contributed by atoms with van der Waals surface area (Å²) < 4.78 is 5.43. The highest BCUT2D eigenvalue weighted by Crippen LogP contribution is 2.15. The number of carbonyl (C=O) groups is 3. The second-order valence-corrected chi connectivity index (χ2v) is 4.21. The topological polar surface area (TPSA) is 84.5 Å². The van der Waals surface area contributed by atoms with E-state index in [0.717, 1.165) is 12.2 Å². The van der Waals surface area contributed by atoms with Gasteiger partial charge in [0.1, 0.15) is 11.3 Å². The molecule has 0 spiro atoms. The van der Waals surface area contributed by atoms with Gasteiger partial charge in [-0.25, -0.2) is 4.79 Å². The van der Waals surface area contributed by atoms with Crippen LogP contribution in [0, 0.1) is 0 Å². The molecule has 6 heteroatoms. The summed E-state index contributed by atoms with van der Waals surface area (Å²) in [6.07, 6.45) is 2.33. The van der Waals surface area contributed by atoms with Crippen LogP contribution in [0.15, 0.2) is 29.8 Å². The average Bonchev–Trinajstić information content (AvgIpc) is 2.42. The molecular weight excluding hydrogens is 260 g/mol. The molecule has 1 aliphatic heterocycles. The Labute approximate surface area is 115 Å². The first-order chi connectivity index (χ1) is 9.60. The number of barbiturate groups is 1. The van der Waals surface area contributed by atoms with E-state index in [1.165, 1.54) is 6.08 Å². The van der Waals surface area contributed by atoms with Crippen molar-refractivity contribution in [2.45, 2.75) is 13.3 Å². The van der Waals surface area contributed by atoms with Crippen LogP contribution >= 0.6 is 0 Å². The van der Waals surface area contributed by atoms with Crippen molar-refractivity contribution in [2.75, 3.05) is 6.61 Å². The molecular formula is C14H14N2O4. The Balaban J connectivity index is 2.15. The lowest BCUT2D eigenvalue weighted by atomic mass is 10.1. The fourth-order valence-electron chi connectivity index (χ4n) is 1.65. The van der Waals surface area contributed by atoms with Gasteiger partial charge in [-0.15, -0.1) is 0 Å². The summed E-state index contributed by atoms with van der Waals surface area (Å²) >= 11 is 0. The van der Waals surface area contributed by atoms with Crippen LogP contribution in [0.2, 0.25) is 0 Å². The van der Waals surface area contributed by atoms with Gasteiger partial charge in [0.25, 0.3) is 11.8 Å². The fraction of sp³-hybridized carbons (Fsp3) is 0.214. The number of benzene rings is 1. The van der Waals surface area contributed by atoms with Crippen molar-refractivity contribution in [3.05, 3.63) is 35.4 Å². The highest BCUT2D eigenvalue weighted by Gasteiger charge is 2.27. The molecule has 0 atom stereocenters. The molecule has 0 unspecified atom stereocenters. The molecule has 1 aromatic rings. The van der Waals surface area contributed by atoms with E-state index in [2.05, 4.69) is 0 Å². The van der Waals surface area contributed by atoms with Crippen LogP contribution in [0.4, 0.5) is 4.79 Å². The van der Waals surface area contributed by atoms with Crippen molar-refractivity contribution in [1.29, 1.82) is 0 Å². The number of rotatable bonds is 4. The third-order valence-electron chi connectivity index (χ3n) is 2.61. The maximum atomic E-state index is 11.5. The van der Waals surface area contributed by atoms with Gasteiger partial charge in [-0.3, -0.25) is 20.2 Å². The van der Waals surface area contributed by atoms with Crippen LogP contribution < -0.4 is 15.4 Å². The first-order valence-corrected chi connectivity index (χ1v) is 6.21. The summed E-state index contributed by atoms with van der Waals surface area (Å²) in [4.78, 5) is 34.0. The van der Waals surface area contributed by atoms with E-state index in [1.54, 1.807) is 24.3 Å². The summed E-state index contributed by atoms with van der Waals surface area (Å²) in [5.41, 5.74) is 0.565. The van der Waals surface area contributed by atoms with Crippen LogP contribution in [-0.4, -0.2) is 24.5 Å². The quantitative estimate of drug-likeness (QED) is 0.638. The largest absolute Gasteiger partial charge is 0.494 e. The van der Waals surface area contributed by atoms with Crippen molar-refractivity contribution in [3.8, 4) is 5.75 Å². The molecule has 0 bridgehead atoms. The van der Waals surface area contributed by atoms with E-state index in [0.29, 0.717) is 12.2 Å². The second-order valence-electron chi connectivity index (χ2n) is 4.21. The van der Waals surface area contributed by atoms with Gasteiger partial charge >= 0.3 is 6.03 Å². The molecule has 1 saturated heterocycles. The van der Waals surface area contributed by atoms with Crippen LogP contribution in [0.1, 0.15) is 18.9 Å². The molecule has 1 aromatic carbocycles. The number of urea groups is 1. The molecule has 0 aliphatic carbocycles. The van der Waals surface area contributed by atoms with Crippen LogP contribution in [0.3, 0.4) is 0 Å². The predicted molar refractivity (Wildman–Crippen MR) is 71.9 cm³/mol. The van der Waals surface area contributed by atoms with Crippen molar-refractivity contribution >= 4 is 23.9 Å². The van der Waals surface area contributed by atoms with Gasteiger partial charge in [0.2, 0.25) is 0 Å². The Hall–Kier alpha value is -2.63. The first kappa shape index (κ1) is 13.8. The van der Waals surface area contributed by atoms with Crippen LogP contribution in [-0.2, 0) is 9.59 Å². The molecule has 104 valence electrons. The Morgan fingerprint density at radius 2 is 1.65 bits per heavy atom. The van der Waals surface area contributed by atoms with Gasteiger partial charge in [0, 0.05) is 0 Å². The first-order valence-electron chi connectivity index (χ1n) is 6.21. The lowest BCUT2D eigenvalue weighted by molar-refractivity contribution is -0.123. The summed E-state index contributed by atoms with van der Waals surface area (Å²) in [5.74, 6) is -0.683. The summed E-state index contributed by atoms with van der Waals surface area (Å²) in [6.45, 7) is 2.65. The van der Waals surface area contributed by atoms with Gasteiger partial charge in [-0.05, 0) is 30.2 Å². The Bertz CT molecular complexity index is 553. The monoisotopic (exact) mass is 274 g/mol. The van der Waals surface area contributed by atoms with Gasteiger partial charge in [0.05, 0.1) is 6.61 Å². The van der Waals surface area contributed by atoms with E-state index in [4.69, 9.17) is 4.74 Å². The maximum absolute atomic E-state index is 11.5. The van der Waals surface area contributed by atoms with E-state index in [1.807, 2.05) is 17.6 Å². The van der Waals surface area contributed by atoms with Crippen molar-refractivity contribution < 1.29 is 19.1 Å². The number of hydrogen-bond donors (Lipinski definition) is 2. The second kappa shape index (κ2) is 6.01. The Kier molecular flexibility index (Phi) is 4.14. The standard InChI is InChI=1S/C14H14N2O4/c1-2-7-20-10-5-3-9(4-6-10)8-11-12(17)15-14(19)16-13(11)18/h3-6,8H,2,7H2,1H3,(H2,15,16,17,18,19). The van der Waals surface area contributed by atoms with E-state index >= 15 is 0 Å². The number of ether oxygens (including phenoxy) is 1. The molecule has 0 saturated carbocycles. The summed E-state index contributed by atoms with van der Waals surface area (Å²) in [5, 5.41) is 4.03.